The first-order valence-electron chi connectivity index (χ1n) is 8.47. The second-order valence-corrected chi connectivity index (χ2v) is 6.64. The third-order valence-corrected chi connectivity index (χ3v) is 4.46. The van der Waals surface area contributed by atoms with Crippen molar-refractivity contribution in [1.82, 2.24) is 10.6 Å². The van der Waals surface area contributed by atoms with Gasteiger partial charge in [-0.2, -0.15) is 0 Å². The van der Waals surface area contributed by atoms with Gasteiger partial charge in [-0.05, 0) is 55.4 Å². The van der Waals surface area contributed by atoms with E-state index in [1.165, 1.54) is 24.0 Å². The normalized spacial score (nSPS) is 15.0. The molecule has 2 N–H and O–H groups in total. The number of rotatable bonds is 7. The maximum absolute atomic E-state index is 5.47. The molecule has 3 heteroatoms. The summed E-state index contributed by atoms with van der Waals surface area (Å²) in [5.74, 6) is 0. The quantitative estimate of drug-likeness (QED) is 0.739. The van der Waals surface area contributed by atoms with Gasteiger partial charge in [-0.25, -0.2) is 0 Å². The summed E-state index contributed by atoms with van der Waals surface area (Å²) in [5.41, 5.74) is 2.71. The van der Waals surface area contributed by atoms with Crippen LogP contribution in [-0.4, -0.2) is 11.2 Å². The van der Waals surface area contributed by atoms with Crippen molar-refractivity contribution in [3.05, 3.63) is 71.8 Å². The highest BCUT2D eigenvalue weighted by Gasteiger charge is 2.22. The van der Waals surface area contributed by atoms with Crippen LogP contribution in [0.3, 0.4) is 0 Å². The maximum atomic E-state index is 5.47. The topological polar surface area (TPSA) is 24.1 Å². The summed E-state index contributed by atoms with van der Waals surface area (Å²) in [6, 6.07) is 22.2. The van der Waals surface area contributed by atoms with Crippen molar-refractivity contribution in [3.63, 3.8) is 0 Å². The van der Waals surface area contributed by atoms with Crippen LogP contribution in [0.4, 0.5) is 0 Å². The smallest absolute Gasteiger partial charge is 0.166 e. The molecule has 2 aromatic rings. The fraction of sp³-hybridized carbons (Fsp3) is 0.350. The van der Waals surface area contributed by atoms with Crippen LogP contribution in [0.2, 0.25) is 0 Å². The molecule has 0 bridgehead atoms. The minimum atomic E-state index is 0.277. The molecule has 1 aliphatic carbocycles. The van der Waals surface area contributed by atoms with Gasteiger partial charge in [0, 0.05) is 6.04 Å². The highest BCUT2D eigenvalue weighted by molar-refractivity contribution is 7.80. The Balaban J connectivity index is 1.56. The summed E-state index contributed by atoms with van der Waals surface area (Å²) in [5, 5.41) is 7.69. The molecule has 1 aliphatic rings. The van der Waals surface area contributed by atoms with E-state index in [9.17, 15) is 0 Å². The molecule has 0 aliphatic heterocycles. The first-order valence-corrected chi connectivity index (χ1v) is 8.88. The molecule has 1 atom stereocenters. The number of hydrogen-bond donors (Lipinski definition) is 2. The fourth-order valence-electron chi connectivity index (χ4n) is 2.78. The van der Waals surface area contributed by atoms with E-state index >= 15 is 0 Å². The van der Waals surface area contributed by atoms with Crippen LogP contribution >= 0.6 is 12.2 Å². The molecule has 0 heterocycles. The molecule has 1 saturated carbocycles. The summed E-state index contributed by atoms with van der Waals surface area (Å²) in [4.78, 5) is 0. The minimum absolute atomic E-state index is 0.277. The average Bonchev–Trinajstić information content (AvgIpc) is 3.39. The predicted octanol–water partition coefficient (Wildman–Crippen LogP) is 4.38. The molecule has 2 aromatic carbocycles. The van der Waals surface area contributed by atoms with Gasteiger partial charge in [0.1, 0.15) is 0 Å². The molecule has 0 amide bonds. The van der Waals surface area contributed by atoms with Crippen molar-refractivity contribution in [1.29, 1.82) is 0 Å². The van der Waals surface area contributed by atoms with Crippen LogP contribution in [-0.2, 0) is 6.42 Å². The lowest BCUT2D eigenvalue weighted by molar-refractivity contribution is 0.557. The summed E-state index contributed by atoms with van der Waals surface area (Å²) >= 11 is 5.47. The zero-order valence-corrected chi connectivity index (χ0v) is 14.2. The molecular weight excluding hydrogens is 300 g/mol. The Morgan fingerprint density at radius 3 is 2.30 bits per heavy atom. The Hall–Kier alpha value is -1.87. The molecule has 3 rings (SSSR count). The molecular formula is C20H24N2S. The zero-order valence-electron chi connectivity index (χ0n) is 13.4. The molecule has 0 unspecified atom stereocenters. The van der Waals surface area contributed by atoms with Crippen molar-refractivity contribution < 1.29 is 0 Å². The van der Waals surface area contributed by atoms with Gasteiger partial charge in [-0.1, -0.05) is 60.7 Å². The number of hydrogen-bond acceptors (Lipinski definition) is 1. The van der Waals surface area contributed by atoms with Crippen LogP contribution in [0.15, 0.2) is 60.7 Å². The van der Waals surface area contributed by atoms with Gasteiger partial charge in [0.25, 0.3) is 0 Å². The summed E-state index contributed by atoms with van der Waals surface area (Å²) in [7, 11) is 0. The van der Waals surface area contributed by atoms with Gasteiger partial charge in [0.2, 0.25) is 0 Å². The zero-order chi connectivity index (χ0) is 15.9. The Kier molecular flexibility index (Phi) is 5.65. The SMILES string of the molecule is S=C(NC1CC1)N[C@H](CCCc1ccccc1)c1ccccc1. The minimum Gasteiger partial charge on any atom is -0.360 e. The van der Waals surface area contributed by atoms with Crippen LogP contribution in [0.5, 0.6) is 0 Å². The largest absolute Gasteiger partial charge is 0.360 e. The highest BCUT2D eigenvalue weighted by atomic mass is 32.1. The van der Waals surface area contributed by atoms with E-state index < -0.39 is 0 Å². The Morgan fingerprint density at radius 1 is 1.00 bits per heavy atom. The van der Waals surface area contributed by atoms with Crippen molar-refractivity contribution in [2.75, 3.05) is 0 Å². The average molecular weight is 324 g/mol. The van der Waals surface area contributed by atoms with E-state index in [0.717, 1.165) is 24.4 Å². The molecule has 0 radical (unpaired) electrons. The second-order valence-electron chi connectivity index (χ2n) is 6.23. The standard InChI is InChI=1S/C20H24N2S/c23-20(21-18-14-15-18)22-19(17-11-5-2-6-12-17)13-7-10-16-8-3-1-4-9-16/h1-6,8-9,11-12,18-19H,7,10,13-15H2,(H2,21,22,23)/t19-/m1/s1. The van der Waals surface area contributed by atoms with E-state index in [2.05, 4.69) is 71.3 Å². The summed E-state index contributed by atoms with van der Waals surface area (Å²) < 4.78 is 0. The predicted molar refractivity (Wildman–Crippen MR) is 100 cm³/mol. The lowest BCUT2D eigenvalue weighted by Crippen LogP contribution is -2.38. The third-order valence-electron chi connectivity index (χ3n) is 4.22. The molecule has 23 heavy (non-hydrogen) atoms. The summed E-state index contributed by atoms with van der Waals surface area (Å²) in [6.45, 7) is 0. The van der Waals surface area contributed by atoms with E-state index in [4.69, 9.17) is 12.2 Å². The van der Waals surface area contributed by atoms with Crippen LogP contribution < -0.4 is 10.6 Å². The lowest BCUT2D eigenvalue weighted by Gasteiger charge is -2.21. The van der Waals surface area contributed by atoms with E-state index in [-0.39, 0.29) is 6.04 Å². The van der Waals surface area contributed by atoms with Gasteiger partial charge in [-0.3, -0.25) is 0 Å². The monoisotopic (exact) mass is 324 g/mol. The van der Waals surface area contributed by atoms with Gasteiger partial charge in [0.15, 0.2) is 5.11 Å². The Bertz CT molecular complexity index is 608. The Morgan fingerprint density at radius 2 is 1.65 bits per heavy atom. The van der Waals surface area contributed by atoms with Gasteiger partial charge in [0.05, 0.1) is 6.04 Å². The number of benzene rings is 2. The van der Waals surface area contributed by atoms with Crippen LogP contribution in [0.25, 0.3) is 0 Å². The molecule has 2 nitrogen and oxygen atoms in total. The highest BCUT2D eigenvalue weighted by Crippen LogP contribution is 2.21. The van der Waals surface area contributed by atoms with Crippen LogP contribution in [0.1, 0.15) is 42.9 Å². The van der Waals surface area contributed by atoms with E-state index in [1.54, 1.807) is 0 Å². The molecule has 1 fully saturated rings. The Labute approximate surface area is 144 Å². The van der Waals surface area contributed by atoms with Crippen molar-refractivity contribution in [2.45, 2.75) is 44.2 Å². The number of nitrogens with one attached hydrogen (secondary N) is 2. The second kappa shape index (κ2) is 8.11. The van der Waals surface area contributed by atoms with Crippen LogP contribution in [0, 0.1) is 0 Å². The molecule has 120 valence electrons. The fourth-order valence-corrected chi connectivity index (χ4v) is 3.08. The summed E-state index contributed by atoms with van der Waals surface area (Å²) in [6.07, 6.45) is 5.81. The number of thiocarbonyl (C=S) groups is 1. The van der Waals surface area contributed by atoms with E-state index in [0.29, 0.717) is 6.04 Å². The van der Waals surface area contributed by atoms with Gasteiger partial charge < -0.3 is 10.6 Å². The van der Waals surface area contributed by atoms with E-state index in [1.807, 2.05) is 0 Å². The maximum Gasteiger partial charge on any atom is 0.166 e. The molecule has 0 spiro atoms. The van der Waals surface area contributed by atoms with Crippen molar-refractivity contribution in [2.24, 2.45) is 0 Å². The molecule has 0 aromatic heterocycles. The van der Waals surface area contributed by atoms with Crippen molar-refractivity contribution in [3.8, 4) is 0 Å². The number of aryl methyl sites for hydroxylation is 1. The lowest BCUT2D eigenvalue weighted by atomic mass is 9.99. The molecule has 0 saturated heterocycles. The van der Waals surface area contributed by atoms with Gasteiger partial charge in [-0.15, -0.1) is 0 Å². The third kappa shape index (κ3) is 5.36. The first kappa shape index (κ1) is 16.0. The van der Waals surface area contributed by atoms with Gasteiger partial charge >= 0.3 is 0 Å². The first-order chi connectivity index (χ1) is 11.3. The van der Waals surface area contributed by atoms with Crippen molar-refractivity contribution >= 4 is 17.3 Å².